The zero-order chi connectivity index (χ0) is 30.3. The van der Waals surface area contributed by atoms with Crippen molar-refractivity contribution in [2.45, 2.75) is 49.1 Å². The summed E-state index contributed by atoms with van der Waals surface area (Å²) in [5.41, 5.74) is 8.95. The van der Waals surface area contributed by atoms with Crippen molar-refractivity contribution in [3.63, 3.8) is 0 Å². The molecular formula is C18H26N6O15P2. The van der Waals surface area contributed by atoms with Gasteiger partial charge in [-0.3, -0.25) is 18.2 Å². The second-order valence-electron chi connectivity index (χ2n) is 8.79. The second kappa shape index (κ2) is 11.9. The Bertz CT molecular complexity index is 1360. The fourth-order valence-electron chi connectivity index (χ4n) is 3.95. The van der Waals surface area contributed by atoms with Crippen molar-refractivity contribution < 1.29 is 62.2 Å². The third kappa shape index (κ3) is 7.07. The fourth-order valence-corrected chi connectivity index (χ4v) is 6.04. The molecule has 2 aliphatic heterocycles. The van der Waals surface area contributed by atoms with Gasteiger partial charge in [-0.25, -0.2) is 18.7 Å². The molecule has 10 N–H and O–H groups in total. The van der Waals surface area contributed by atoms with Crippen molar-refractivity contribution in [2.75, 3.05) is 24.7 Å². The second-order valence-corrected chi connectivity index (χ2v) is 11.8. The average Bonchev–Trinajstić information content (AvgIpc) is 3.31. The molecule has 0 aliphatic carbocycles. The Labute approximate surface area is 228 Å². The number of nitrogens with two attached hydrogens (primary N) is 2. The number of phosphoric acid groups is 2. The Morgan fingerprint density at radius 2 is 1.12 bits per heavy atom. The molecule has 2 fully saturated rings. The van der Waals surface area contributed by atoms with Gasteiger partial charge in [-0.1, -0.05) is 0 Å². The lowest BCUT2D eigenvalue weighted by Gasteiger charge is -2.20. The van der Waals surface area contributed by atoms with E-state index in [2.05, 4.69) is 23.3 Å². The zero-order valence-corrected chi connectivity index (χ0v) is 22.3. The molecule has 2 aliphatic rings. The maximum Gasteiger partial charge on any atom is 0.481 e. The summed E-state index contributed by atoms with van der Waals surface area (Å²) in [6.07, 6.45) is -10.7. The number of rotatable bonds is 10. The Balaban J connectivity index is 1.32. The van der Waals surface area contributed by atoms with Gasteiger partial charge in [0, 0.05) is 12.4 Å². The van der Waals surface area contributed by atoms with Crippen LogP contribution in [0.25, 0.3) is 0 Å². The number of nitrogens with zero attached hydrogens (tertiary/aromatic N) is 4. The molecule has 2 unspecified atom stereocenters. The van der Waals surface area contributed by atoms with Crippen LogP contribution in [0.3, 0.4) is 0 Å². The first-order valence-electron chi connectivity index (χ1n) is 11.5. The van der Waals surface area contributed by atoms with E-state index in [1.165, 1.54) is 12.1 Å². The van der Waals surface area contributed by atoms with E-state index in [0.29, 0.717) is 0 Å². The van der Waals surface area contributed by atoms with Crippen molar-refractivity contribution in [2.24, 2.45) is 0 Å². The topological polar surface area (TPSA) is 323 Å². The summed E-state index contributed by atoms with van der Waals surface area (Å²) in [6.45, 7) is -1.94. The van der Waals surface area contributed by atoms with Gasteiger partial charge >= 0.3 is 27.0 Å². The minimum absolute atomic E-state index is 0.118. The highest BCUT2D eigenvalue weighted by atomic mass is 31.3. The van der Waals surface area contributed by atoms with E-state index < -0.39 is 89.3 Å². The summed E-state index contributed by atoms with van der Waals surface area (Å²) in [6, 6.07) is 2.43. The molecule has 2 aromatic heterocycles. The summed E-state index contributed by atoms with van der Waals surface area (Å²) in [4.78, 5) is 50.7. The van der Waals surface area contributed by atoms with Crippen molar-refractivity contribution in [3.05, 3.63) is 45.5 Å². The average molecular weight is 628 g/mol. The normalized spacial score (nSPS) is 32.9. The molecule has 228 valence electrons. The fraction of sp³-hybridized carbons (Fsp3) is 0.556. The number of ether oxygens (including phenoxy) is 2. The lowest BCUT2D eigenvalue weighted by molar-refractivity contribution is -0.0567. The van der Waals surface area contributed by atoms with Gasteiger partial charge in [0.1, 0.15) is 48.3 Å². The molecule has 0 amide bonds. The molecule has 0 bridgehead atoms. The molecule has 2 saturated heterocycles. The third-order valence-electron chi connectivity index (χ3n) is 5.94. The number of anilines is 2. The highest BCUT2D eigenvalue weighted by Crippen LogP contribution is 2.60. The van der Waals surface area contributed by atoms with Crippen LogP contribution in [0.5, 0.6) is 0 Å². The monoisotopic (exact) mass is 628 g/mol. The zero-order valence-electron chi connectivity index (χ0n) is 20.5. The number of hydrogen-bond acceptors (Lipinski definition) is 17. The van der Waals surface area contributed by atoms with Crippen LogP contribution in [0.15, 0.2) is 34.1 Å². The van der Waals surface area contributed by atoms with Gasteiger partial charge in [0.15, 0.2) is 12.5 Å². The van der Waals surface area contributed by atoms with E-state index in [0.717, 1.165) is 21.5 Å². The summed E-state index contributed by atoms with van der Waals surface area (Å²) in [5, 5.41) is 40.9. The number of phosphoric ester groups is 2. The Hall–Kier alpha value is -2.62. The number of aliphatic hydroxyl groups excluding tert-OH is 4. The molecule has 23 heteroatoms. The number of aliphatic hydroxyl groups is 4. The first-order chi connectivity index (χ1) is 19.1. The highest BCUT2D eigenvalue weighted by molar-refractivity contribution is 7.61. The van der Waals surface area contributed by atoms with Crippen LogP contribution in [0, 0.1) is 0 Å². The van der Waals surface area contributed by atoms with Crippen molar-refractivity contribution in [3.8, 4) is 0 Å². The van der Waals surface area contributed by atoms with Crippen LogP contribution in [0.2, 0.25) is 0 Å². The Morgan fingerprint density at radius 3 is 1.46 bits per heavy atom. The molecule has 0 aromatic carbocycles. The number of hydrogen-bond donors (Lipinski definition) is 8. The van der Waals surface area contributed by atoms with Crippen LogP contribution < -0.4 is 22.8 Å². The Kier molecular flexibility index (Phi) is 9.12. The highest BCUT2D eigenvalue weighted by Gasteiger charge is 2.48. The van der Waals surface area contributed by atoms with Gasteiger partial charge in [0.05, 0.1) is 13.2 Å². The molecular weight excluding hydrogens is 602 g/mol. The van der Waals surface area contributed by atoms with Gasteiger partial charge in [0.2, 0.25) is 0 Å². The summed E-state index contributed by atoms with van der Waals surface area (Å²) in [7, 11) is -10.8. The predicted octanol–water partition coefficient (Wildman–Crippen LogP) is -3.85. The molecule has 41 heavy (non-hydrogen) atoms. The van der Waals surface area contributed by atoms with E-state index in [4.69, 9.17) is 20.9 Å². The van der Waals surface area contributed by atoms with E-state index in [1.807, 2.05) is 0 Å². The third-order valence-corrected chi connectivity index (χ3v) is 8.54. The van der Waals surface area contributed by atoms with E-state index >= 15 is 0 Å². The summed E-state index contributed by atoms with van der Waals surface area (Å²) < 4.78 is 50.2. The smallest absolute Gasteiger partial charge is 0.387 e. The number of nitrogen functional groups attached to an aromatic ring is 2. The Morgan fingerprint density at radius 1 is 0.756 bits per heavy atom. The SMILES string of the molecule is Nc1ccn([C@@H]2O[C@H](COP(=O)(O)OP(=O)(O)OC[C@H]3O[C@@H](n4ccc(N)nc4=O)[C@H](O)[C@@H]3O)[C@@H](O)[C@H]2O)c(=O)n1. The first-order valence-corrected chi connectivity index (χ1v) is 14.5. The lowest BCUT2D eigenvalue weighted by atomic mass is 10.1. The maximum atomic E-state index is 12.3. The molecule has 2 aromatic rings. The van der Waals surface area contributed by atoms with Crippen molar-refractivity contribution in [1.82, 2.24) is 19.1 Å². The maximum absolute atomic E-state index is 12.3. The molecule has 0 radical (unpaired) electrons. The van der Waals surface area contributed by atoms with Crippen molar-refractivity contribution >= 4 is 27.3 Å². The number of aromatic nitrogens is 4. The molecule has 4 heterocycles. The summed E-state index contributed by atoms with van der Waals surface area (Å²) >= 11 is 0. The lowest BCUT2D eigenvalue weighted by Crippen LogP contribution is -2.36. The first kappa shape index (κ1) is 31.3. The van der Waals surface area contributed by atoms with Gasteiger partial charge in [-0.15, -0.1) is 0 Å². The molecule has 0 spiro atoms. The standard InChI is InChI=1S/C18H26N6O15P2/c19-9-1-3-23(17(29)21-9)15-13(27)11(25)7(37-15)5-35-40(31,32)39-41(33,34)36-6-8-12(26)14(28)16(38-8)24-4-2-10(20)22-18(24)30/h1-4,7-8,11-16,25-28H,5-6H2,(H,31,32)(H,33,34)(H2,19,21,29)(H2,20,22,30)/t7-,8-,11-,12-,13-,14-,15-,16-/m1/s1. The quantitative estimate of drug-likeness (QED) is 0.117. The minimum atomic E-state index is -5.41. The molecule has 4 rings (SSSR count). The van der Waals surface area contributed by atoms with Gasteiger partial charge in [-0.2, -0.15) is 14.3 Å². The van der Waals surface area contributed by atoms with E-state index in [-0.39, 0.29) is 11.6 Å². The van der Waals surface area contributed by atoms with Gasteiger partial charge in [0.25, 0.3) is 0 Å². The largest absolute Gasteiger partial charge is 0.481 e. The molecule has 0 saturated carbocycles. The molecule has 10 atom stereocenters. The minimum Gasteiger partial charge on any atom is -0.387 e. The van der Waals surface area contributed by atoms with Crippen LogP contribution in [-0.2, 0) is 32.0 Å². The predicted molar refractivity (Wildman–Crippen MR) is 130 cm³/mol. The molecule has 21 nitrogen and oxygen atoms in total. The van der Waals surface area contributed by atoms with E-state index in [1.54, 1.807) is 0 Å². The van der Waals surface area contributed by atoms with Gasteiger partial charge in [-0.05, 0) is 12.1 Å². The van der Waals surface area contributed by atoms with Gasteiger partial charge < -0.3 is 51.2 Å². The van der Waals surface area contributed by atoms with Crippen LogP contribution in [0.4, 0.5) is 11.6 Å². The van der Waals surface area contributed by atoms with Crippen LogP contribution >= 0.6 is 15.6 Å². The van der Waals surface area contributed by atoms with Crippen LogP contribution in [-0.4, -0.2) is 99.2 Å². The van der Waals surface area contributed by atoms with E-state index in [9.17, 15) is 48.9 Å². The van der Waals surface area contributed by atoms with Crippen LogP contribution in [0.1, 0.15) is 12.5 Å². The summed E-state index contributed by atoms with van der Waals surface area (Å²) in [5.74, 6) is -0.236. The van der Waals surface area contributed by atoms with Crippen molar-refractivity contribution in [1.29, 1.82) is 0 Å².